The highest BCUT2D eigenvalue weighted by Crippen LogP contribution is 2.66. The first-order chi connectivity index (χ1) is 13.4. The predicted octanol–water partition coefficient (Wildman–Crippen LogP) is 5.25. The Balaban J connectivity index is 1.59. The summed E-state index contributed by atoms with van der Waals surface area (Å²) in [6.07, 6.45) is 15.2. The van der Waals surface area contributed by atoms with E-state index < -0.39 is 0 Å². The first-order valence-corrected chi connectivity index (χ1v) is 11.7. The summed E-state index contributed by atoms with van der Waals surface area (Å²) in [5, 5.41) is 3.64. The molecule has 156 valence electrons. The minimum absolute atomic E-state index is 0.127. The van der Waals surface area contributed by atoms with E-state index in [1.807, 2.05) is 0 Å². The summed E-state index contributed by atoms with van der Waals surface area (Å²) in [6, 6.07) is -0.182. The molecule has 28 heavy (non-hydrogen) atoms. The van der Waals surface area contributed by atoms with E-state index in [9.17, 15) is 9.70 Å². The molecule has 0 aromatic heterocycles. The number of ketones is 1. The average molecular weight is 387 g/mol. The Morgan fingerprint density at radius 1 is 1.14 bits per heavy atom. The van der Waals surface area contributed by atoms with Gasteiger partial charge in [0, 0.05) is 11.8 Å². The number of unbranched alkanes of at least 4 members (excludes halogenated alkanes) is 1. The normalized spacial score (nSPS) is 48.2. The highest BCUT2D eigenvalue weighted by atomic mass is 16.3. The molecule has 0 aliphatic heterocycles. The maximum absolute atomic E-state index is 13.5. The summed E-state index contributed by atoms with van der Waals surface area (Å²) >= 11 is 0. The van der Waals surface area contributed by atoms with E-state index >= 15 is 0 Å². The third-order valence-corrected chi connectivity index (χ3v) is 9.46. The lowest BCUT2D eigenvalue weighted by Crippen LogP contribution is -2.60. The van der Waals surface area contributed by atoms with Crippen LogP contribution in [0.3, 0.4) is 0 Å². The van der Waals surface area contributed by atoms with Crippen molar-refractivity contribution in [1.82, 2.24) is 0 Å². The van der Waals surface area contributed by atoms with E-state index in [2.05, 4.69) is 31.2 Å². The molecule has 4 aliphatic carbocycles. The molecule has 0 amide bonds. The number of Topliss-reactive ketones (excluding diaryl/α,β-unsaturated/α-hetero) is 1. The van der Waals surface area contributed by atoms with Gasteiger partial charge in [0.15, 0.2) is 0 Å². The molecule has 8 atom stereocenters. The highest BCUT2D eigenvalue weighted by molar-refractivity contribution is 5.86. The van der Waals surface area contributed by atoms with Crippen LogP contribution >= 0.6 is 0 Å². The molecule has 0 radical (unpaired) electrons. The van der Waals surface area contributed by atoms with Gasteiger partial charge < -0.3 is 5.73 Å². The summed E-state index contributed by atoms with van der Waals surface area (Å²) in [5.74, 6) is 2.47. The number of nitroso groups, excluding NO2 is 1. The summed E-state index contributed by atoms with van der Waals surface area (Å²) in [7, 11) is 0. The predicted molar refractivity (Wildman–Crippen MR) is 113 cm³/mol. The van der Waals surface area contributed by atoms with Crippen LogP contribution in [0.25, 0.3) is 0 Å². The van der Waals surface area contributed by atoms with Crippen LogP contribution < -0.4 is 5.73 Å². The molecule has 0 aromatic carbocycles. The fourth-order valence-corrected chi connectivity index (χ4v) is 7.94. The first kappa shape index (κ1) is 20.3. The van der Waals surface area contributed by atoms with Gasteiger partial charge in [0.2, 0.25) is 0 Å². The van der Waals surface area contributed by atoms with Crippen molar-refractivity contribution in [2.75, 3.05) is 6.54 Å². The summed E-state index contributed by atoms with van der Waals surface area (Å²) in [4.78, 5) is 25.5. The summed E-state index contributed by atoms with van der Waals surface area (Å²) in [6.45, 7) is 5.37. The number of rotatable bonds is 5. The maximum atomic E-state index is 13.5. The van der Waals surface area contributed by atoms with Crippen LogP contribution in [0.4, 0.5) is 0 Å². The van der Waals surface area contributed by atoms with E-state index in [0.29, 0.717) is 41.9 Å². The van der Waals surface area contributed by atoms with Crippen LogP contribution in [0.2, 0.25) is 0 Å². The lowest BCUT2D eigenvalue weighted by Gasteiger charge is -2.60. The molecule has 4 rings (SSSR count). The molecule has 4 saturated carbocycles. The third kappa shape index (κ3) is 3.11. The number of allylic oxidation sites excluding steroid dienone is 2. The Labute approximate surface area is 170 Å². The number of hydrogen-bond acceptors (Lipinski definition) is 4. The van der Waals surface area contributed by atoms with Gasteiger partial charge >= 0.3 is 0 Å². The van der Waals surface area contributed by atoms with Gasteiger partial charge in [-0.2, -0.15) is 4.91 Å². The summed E-state index contributed by atoms with van der Waals surface area (Å²) in [5.41, 5.74) is 5.68. The first-order valence-electron chi connectivity index (χ1n) is 11.7. The third-order valence-electron chi connectivity index (χ3n) is 9.46. The Morgan fingerprint density at radius 3 is 2.71 bits per heavy atom. The van der Waals surface area contributed by atoms with Crippen molar-refractivity contribution in [3.8, 4) is 0 Å². The SMILES string of the molecule is C[C@@]12CCCC1C1CC(N=O)[C@H]3CC(C=CCCCN)CC(=O)[C@]3(C)C1CC2. The van der Waals surface area contributed by atoms with Crippen molar-refractivity contribution in [3.05, 3.63) is 17.1 Å². The average Bonchev–Trinajstić information content (AvgIpc) is 3.08. The fourth-order valence-electron chi connectivity index (χ4n) is 7.94. The number of nitrogens with zero attached hydrogens (tertiary/aromatic N) is 1. The molecule has 4 fully saturated rings. The lowest BCUT2D eigenvalue weighted by atomic mass is 9.43. The molecule has 2 N–H and O–H groups in total. The minimum atomic E-state index is -0.340. The van der Waals surface area contributed by atoms with Crippen LogP contribution in [0.1, 0.15) is 78.1 Å². The topological polar surface area (TPSA) is 72.5 Å². The van der Waals surface area contributed by atoms with Gasteiger partial charge in [-0.1, -0.05) is 37.6 Å². The standard InChI is InChI=1S/C24H38N2O2/c1-23-10-6-8-18(23)17-15-21(26-28)20-13-16(7-4-3-5-12-25)14-22(27)24(20,2)19(17)9-11-23/h4,7,16-21H,3,5-6,8-15,25H2,1-2H3/t16?,17?,18?,19?,20-,21?,23+,24-/m1/s1. The molecule has 4 heteroatoms. The van der Waals surface area contributed by atoms with Crippen LogP contribution in [0.5, 0.6) is 0 Å². The second-order valence-electron chi connectivity index (χ2n) is 10.7. The van der Waals surface area contributed by atoms with Gasteiger partial charge in [0.1, 0.15) is 5.78 Å². The molecule has 5 unspecified atom stereocenters. The van der Waals surface area contributed by atoms with Gasteiger partial charge in [-0.05, 0) is 92.9 Å². The smallest absolute Gasteiger partial charge is 0.139 e. The monoisotopic (exact) mass is 386 g/mol. The molecule has 0 bridgehead atoms. The lowest BCUT2D eigenvalue weighted by molar-refractivity contribution is -0.158. The Bertz CT molecular complexity index is 647. The zero-order chi connectivity index (χ0) is 19.9. The molecular formula is C24H38N2O2. The van der Waals surface area contributed by atoms with E-state index in [4.69, 9.17) is 5.73 Å². The number of carbonyl (C=O) groups is 1. The molecule has 4 aliphatic rings. The van der Waals surface area contributed by atoms with Crippen molar-refractivity contribution in [2.24, 2.45) is 51.3 Å². The fraction of sp³-hybridized carbons (Fsp3) is 0.875. The van der Waals surface area contributed by atoms with E-state index in [0.717, 1.165) is 25.7 Å². The van der Waals surface area contributed by atoms with Crippen molar-refractivity contribution in [1.29, 1.82) is 0 Å². The molecule has 0 aromatic rings. The van der Waals surface area contributed by atoms with Gasteiger partial charge in [0.05, 0.1) is 6.04 Å². The van der Waals surface area contributed by atoms with Gasteiger partial charge in [0.25, 0.3) is 0 Å². The van der Waals surface area contributed by atoms with E-state index in [1.54, 1.807) is 0 Å². The molecular weight excluding hydrogens is 348 g/mol. The van der Waals surface area contributed by atoms with Crippen LogP contribution in [-0.2, 0) is 4.79 Å². The second kappa shape index (κ2) is 7.66. The molecule has 0 heterocycles. The van der Waals surface area contributed by atoms with E-state index in [1.165, 1.54) is 32.1 Å². The van der Waals surface area contributed by atoms with Crippen molar-refractivity contribution < 1.29 is 4.79 Å². The minimum Gasteiger partial charge on any atom is -0.330 e. The van der Waals surface area contributed by atoms with Crippen LogP contribution in [0.15, 0.2) is 17.3 Å². The quantitative estimate of drug-likeness (QED) is 0.398. The largest absolute Gasteiger partial charge is 0.330 e. The Morgan fingerprint density at radius 2 is 1.96 bits per heavy atom. The summed E-state index contributed by atoms with van der Waals surface area (Å²) < 4.78 is 0. The molecule has 4 nitrogen and oxygen atoms in total. The zero-order valence-electron chi connectivity index (χ0n) is 17.7. The second-order valence-corrected chi connectivity index (χ2v) is 10.7. The number of nitrogens with two attached hydrogens (primary N) is 1. The van der Waals surface area contributed by atoms with Crippen molar-refractivity contribution >= 4 is 5.78 Å². The number of hydrogen-bond donors (Lipinski definition) is 1. The van der Waals surface area contributed by atoms with Crippen LogP contribution in [0, 0.1) is 45.3 Å². The zero-order valence-corrected chi connectivity index (χ0v) is 17.7. The van der Waals surface area contributed by atoms with Crippen molar-refractivity contribution in [3.63, 3.8) is 0 Å². The Kier molecular flexibility index (Phi) is 5.54. The maximum Gasteiger partial charge on any atom is 0.139 e. The van der Waals surface area contributed by atoms with Gasteiger partial charge in [-0.3, -0.25) is 4.79 Å². The molecule has 0 spiro atoms. The highest BCUT2D eigenvalue weighted by Gasteiger charge is 2.63. The van der Waals surface area contributed by atoms with E-state index in [-0.39, 0.29) is 23.3 Å². The Hall–Kier alpha value is -1.03. The number of fused-ring (bicyclic) bond motifs is 5. The molecule has 0 saturated heterocycles. The number of carbonyl (C=O) groups excluding carboxylic acids is 1. The van der Waals surface area contributed by atoms with Crippen molar-refractivity contribution in [2.45, 2.75) is 84.1 Å². The van der Waals surface area contributed by atoms with Crippen LogP contribution in [-0.4, -0.2) is 18.4 Å². The van der Waals surface area contributed by atoms with Gasteiger partial charge in [-0.25, -0.2) is 0 Å². The van der Waals surface area contributed by atoms with Gasteiger partial charge in [-0.15, -0.1) is 0 Å².